The molecule has 4 heterocycles. The quantitative estimate of drug-likeness (QED) is 0.645. The van der Waals surface area contributed by atoms with Gasteiger partial charge in [-0.3, -0.25) is 9.69 Å². The predicted octanol–water partition coefficient (Wildman–Crippen LogP) is 3.24. The van der Waals surface area contributed by atoms with Gasteiger partial charge in [-0.2, -0.15) is 5.10 Å². The summed E-state index contributed by atoms with van der Waals surface area (Å²) in [7, 11) is 0. The SMILES string of the molecule is Cc1ccc(-c2ccnc(-n3ncc(C(=O)N4CCN(C5CCCC5)CC4)c3C)n2)o1. The van der Waals surface area contributed by atoms with Crippen LogP contribution in [0.3, 0.4) is 0 Å². The number of piperazine rings is 1. The minimum atomic E-state index is 0.0348. The molecule has 0 bridgehead atoms. The number of hydrogen-bond acceptors (Lipinski definition) is 6. The fraction of sp³-hybridized carbons (Fsp3) is 0.478. The summed E-state index contributed by atoms with van der Waals surface area (Å²) in [5.74, 6) is 1.97. The van der Waals surface area contributed by atoms with Crippen molar-refractivity contribution in [2.24, 2.45) is 0 Å². The number of aromatic nitrogens is 4. The molecule has 31 heavy (non-hydrogen) atoms. The highest BCUT2D eigenvalue weighted by Gasteiger charge is 2.29. The number of carbonyl (C=O) groups is 1. The van der Waals surface area contributed by atoms with E-state index >= 15 is 0 Å². The van der Waals surface area contributed by atoms with E-state index < -0.39 is 0 Å². The molecule has 2 fully saturated rings. The van der Waals surface area contributed by atoms with Crippen LogP contribution in [0.5, 0.6) is 0 Å². The van der Waals surface area contributed by atoms with Gasteiger partial charge >= 0.3 is 0 Å². The van der Waals surface area contributed by atoms with Crippen molar-refractivity contribution in [1.82, 2.24) is 29.5 Å². The number of nitrogens with zero attached hydrogens (tertiary/aromatic N) is 6. The molecule has 0 atom stereocenters. The molecule has 0 N–H and O–H groups in total. The zero-order valence-electron chi connectivity index (χ0n) is 18.1. The summed E-state index contributed by atoms with van der Waals surface area (Å²) < 4.78 is 7.30. The second kappa shape index (κ2) is 8.26. The van der Waals surface area contributed by atoms with Crippen LogP contribution in [0.1, 0.15) is 47.5 Å². The van der Waals surface area contributed by atoms with Gasteiger partial charge in [0, 0.05) is 38.4 Å². The number of furan rings is 1. The smallest absolute Gasteiger partial charge is 0.257 e. The van der Waals surface area contributed by atoms with Gasteiger partial charge in [-0.05, 0) is 44.9 Å². The first kappa shape index (κ1) is 19.9. The summed E-state index contributed by atoms with van der Waals surface area (Å²) in [5.41, 5.74) is 2.04. The van der Waals surface area contributed by atoms with E-state index in [0.717, 1.165) is 37.6 Å². The molecule has 0 aromatic carbocycles. The summed E-state index contributed by atoms with van der Waals surface area (Å²) in [5, 5.41) is 4.42. The monoisotopic (exact) mass is 420 g/mol. The maximum absolute atomic E-state index is 13.2. The minimum absolute atomic E-state index is 0.0348. The molecule has 1 saturated carbocycles. The molecule has 0 radical (unpaired) electrons. The van der Waals surface area contributed by atoms with Gasteiger partial charge in [0.15, 0.2) is 5.76 Å². The van der Waals surface area contributed by atoms with Crippen LogP contribution in [0.4, 0.5) is 0 Å². The van der Waals surface area contributed by atoms with Crippen LogP contribution >= 0.6 is 0 Å². The zero-order chi connectivity index (χ0) is 21.4. The van der Waals surface area contributed by atoms with E-state index in [9.17, 15) is 4.79 Å². The number of carbonyl (C=O) groups excluding carboxylic acids is 1. The lowest BCUT2D eigenvalue weighted by atomic mass is 10.1. The van der Waals surface area contributed by atoms with Gasteiger partial charge in [-0.15, -0.1) is 0 Å². The average molecular weight is 421 g/mol. The van der Waals surface area contributed by atoms with Crippen LogP contribution in [0.15, 0.2) is 35.0 Å². The molecule has 1 saturated heterocycles. The highest BCUT2D eigenvalue weighted by atomic mass is 16.3. The molecule has 3 aromatic heterocycles. The Labute approximate surface area is 181 Å². The van der Waals surface area contributed by atoms with Gasteiger partial charge < -0.3 is 9.32 Å². The molecule has 8 nitrogen and oxygen atoms in total. The molecule has 8 heteroatoms. The third-order valence-electron chi connectivity index (χ3n) is 6.51. The Hall–Kier alpha value is -3.00. The van der Waals surface area contributed by atoms with E-state index in [0.29, 0.717) is 29.0 Å². The summed E-state index contributed by atoms with van der Waals surface area (Å²) >= 11 is 0. The summed E-state index contributed by atoms with van der Waals surface area (Å²) in [6.07, 6.45) is 8.59. The molecule has 3 aromatic rings. The Morgan fingerprint density at radius 3 is 2.55 bits per heavy atom. The van der Waals surface area contributed by atoms with Crippen molar-refractivity contribution in [1.29, 1.82) is 0 Å². The number of hydrogen-bond donors (Lipinski definition) is 0. The van der Waals surface area contributed by atoms with Crippen LogP contribution in [-0.4, -0.2) is 67.7 Å². The molecule has 1 aliphatic carbocycles. The van der Waals surface area contributed by atoms with E-state index in [2.05, 4.69) is 20.0 Å². The van der Waals surface area contributed by atoms with Gasteiger partial charge in [-0.25, -0.2) is 14.6 Å². The minimum Gasteiger partial charge on any atom is -0.460 e. The highest BCUT2D eigenvalue weighted by Crippen LogP contribution is 2.25. The first-order chi connectivity index (χ1) is 15.1. The Balaban J connectivity index is 1.32. The van der Waals surface area contributed by atoms with Gasteiger partial charge in [0.05, 0.1) is 17.5 Å². The van der Waals surface area contributed by atoms with Crippen molar-refractivity contribution >= 4 is 5.91 Å². The van der Waals surface area contributed by atoms with Crippen LogP contribution in [0.2, 0.25) is 0 Å². The van der Waals surface area contributed by atoms with E-state index in [4.69, 9.17) is 4.42 Å². The van der Waals surface area contributed by atoms with Crippen molar-refractivity contribution in [2.45, 2.75) is 45.6 Å². The zero-order valence-corrected chi connectivity index (χ0v) is 18.1. The maximum atomic E-state index is 13.2. The molecular weight excluding hydrogens is 392 g/mol. The van der Waals surface area contributed by atoms with Gasteiger partial charge in [0.1, 0.15) is 11.5 Å². The Bertz CT molecular complexity index is 1070. The second-order valence-corrected chi connectivity index (χ2v) is 8.47. The molecule has 162 valence electrons. The van der Waals surface area contributed by atoms with Crippen molar-refractivity contribution < 1.29 is 9.21 Å². The molecule has 1 amide bonds. The molecule has 2 aliphatic rings. The van der Waals surface area contributed by atoms with E-state index in [1.54, 1.807) is 23.1 Å². The first-order valence-electron chi connectivity index (χ1n) is 11.1. The topological polar surface area (TPSA) is 80.3 Å². The molecule has 5 rings (SSSR count). The van der Waals surface area contributed by atoms with Crippen LogP contribution < -0.4 is 0 Å². The predicted molar refractivity (Wildman–Crippen MR) is 116 cm³/mol. The number of amides is 1. The van der Waals surface area contributed by atoms with Crippen LogP contribution in [-0.2, 0) is 0 Å². The molecule has 1 aliphatic heterocycles. The van der Waals surface area contributed by atoms with E-state index in [1.165, 1.54) is 25.7 Å². The standard InChI is InChI=1S/C23H28N6O2/c1-16-7-8-21(31-16)20-9-10-24-23(26-20)29-17(2)19(15-25-29)22(30)28-13-11-27(12-14-28)18-5-3-4-6-18/h7-10,15,18H,3-6,11-14H2,1-2H3. The van der Waals surface area contributed by atoms with Gasteiger partial charge in [0.2, 0.25) is 0 Å². The lowest BCUT2D eigenvalue weighted by Gasteiger charge is -2.38. The maximum Gasteiger partial charge on any atom is 0.257 e. The second-order valence-electron chi connectivity index (χ2n) is 8.47. The van der Waals surface area contributed by atoms with Gasteiger partial charge in [-0.1, -0.05) is 12.8 Å². The van der Waals surface area contributed by atoms with Crippen molar-refractivity contribution in [2.75, 3.05) is 26.2 Å². The average Bonchev–Trinajstić information content (AvgIpc) is 3.55. The lowest BCUT2D eigenvalue weighted by Crippen LogP contribution is -2.51. The Morgan fingerprint density at radius 1 is 1.06 bits per heavy atom. The third kappa shape index (κ3) is 3.87. The summed E-state index contributed by atoms with van der Waals surface area (Å²) in [4.78, 5) is 26.6. The first-order valence-corrected chi connectivity index (χ1v) is 11.1. The van der Waals surface area contributed by atoms with Gasteiger partial charge in [0.25, 0.3) is 11.9 Å². The Kier molecular flexibility index (Phi) is 5.31. The van der Waals surface area contributed by atoms with E-state index in [1.807, 2.05) is 30.9 Å². The van der Waals surface area contributed by atoms with Crippen molar-refractivity contribution in [3.8, 4) is 17.4 Å². The normalized spacial score (nSPS) is 18.1. The van der Waals surface area contributed by atoms with Crippen LogP contribution in [0.25, 0.3) is 17.4 Å². The molecule has 0 unspecified atom stereocenters. The highest BCUT2D eigenvalue weighted by molar-refractivity contribution is 5.95. The van der Waals surface area contributed by atoms with E-state index in [-0.39, 0.29) is 5.91 Å². The summed E-state index contributed by atoms with van der Waals surface area (Å²) in [6, 6.07) is 6.30. The summed E-state index contributed by atoms with van der Waals surface area (Å²) in [6.45, 7) is 7.24. The van der Waals surface area contributed by atoms with Crippen molar-refractivity contribution in [3.63, 3.8) is 0 Å². The third-order valence-corrected chi connectivity index (χ3v) is 6.51. The lowest BCUT2D eigenvalue weighted by molar-refractivity contribution is 0.0572. The molecular formula is C23H28N6O2. The largest absolute Gasteiger partial charge is 0.460 e. The number of rotatable bonds is 4. The number of aryl methyl sites for hydroxylation is 1. The Morgan fingerprint density at radius 2 is 1.84 bits per heavy atom. The fourth-order valence-corrected chi connectivity index (χ4v) is 4.71. The molecule has 0 spiro atoms. The van der Waals surface area contributed by atoms with Crippen molar-refractivity contribution in [3.05, 3.63) is 47.6 Å². The van der Waals surface area contributed by atoms with Crippen LogP contribution in [0, 0.1) is 13.8 Å². The fourth-order valence-electron chi connectivity index (χ4n) is 4.71.